The number of carbonyl (C=O) groups excluding carboxylic acids is 1. The molecule has 0 bridgehead atoms. The van der Waals surface area contributed by atoms with Gasteiger partial charge in [-0.25, -0.2) is 4.79 Å². The van der Waals surface area contributed by atoms with Gasteiger partial charge < -0.3 is 15.2 Å². The molecule has 24 heavy (non-hydrogen) atoms. The lowest BCUT2D eigenvalue weighted by Gasteiger charge is -2.16. The summed E-state index contributed by atoms with van der Waals surface area (Å²) in [4.78, 5) is 23.2. The van der Waals surface area contributed by atoms with E-state index in [0.717, 1.165) is 0 Å². The molecule has 2 N–H and O–H groups in total. The number of carbonyl (C=O) groups is 2. The number of anilines is 1. The van der Waals surface area contributed by atoms with Gasteiger partial charge in [-0.2, -0.15) is 0 Å². The number of aryl methyl sites for hydroxylation is 1. The van der Waals surface area contributed by atoms with Crippen LogP contribution >= 0.6 is 23.2 Å². The third-order valence-corrected chi connectivity index (χ3v) is 3.83. The first-order valence-electron chi connectivity index (χ1n) is 7.04. The van der Waals surface area contributed by atoms with Crippen LogP contribution in [0.25, 0.3) is 0 Å². The quantitative estimate of drug-likeness (QED) is 0.820. The first-order chi connectivity index (χ1) is 11.3. The average Bonchev–Trinajstić information content (AvgIpc) is 2.51. The number of hydrogen-bond acceptors (Lipinski definition) is 3. The molecule has 5 nitrogen and oxygen atoms in total. The van der Waals surface area contributed by atoms with Crippen LogP contribution in [0.5, 0.6) is 5.75 Å². The third kappa shape index (κ3) is 4.40. The Balaban J connectivity index is 2.07. The molecule has 2 aromatic carbocycles. The Labute approximate surface area is 149 Å². The molecule has 0 aliphatic heterocycles. The molecule has 0 heterocycles. The molecule has 1 atom stereocenters. The zero-order chi connectivity index (χ0) is 17.9. The summed E-state index contributed by atoms with van der Waals surface area (Å²) in [7, 11) is 0. The lowest BCUT2D eigenvalue weighted by atomic mass is 10.1. The normalized spacial score (nSPS) is 11.7. The number of carboxylic acids is 1. The standard InChI is InChI=1S/C17H15Cl2NO4/c1-9-7-11(17(22)23)3-5-14(9)20-16(21)10(2)24-15-6-4-12(18)8-13(15)19/h3-8,10H,1-2H3,(H,20,21)(H,22,23). The maximum absolute atomic E-state index is 12.2. The Kier molecular flexibility index (Phi) is 5.70. The fourth-order valence-electron chi connectivity index (χ4n) is 1.99. The van der Waals surface area contributed by atoms with E-state index in [4.69, 9.17) is 33.0 Å². The molecule has 1 unspecified atom stereocenters. The largest absolute Gasteiger partial charge is 0.479 e. The van der Waals surface area contributed by atoms with Gasteiger partial charge in [0.2, 0.25) is 0 Å². The van der Waals surface area contributed by atoms with Crippen molar-refractivity contribution < 1.29 is 19.4 Å². The van der Waals surface area contributed by atoms with E-state index in [-0.39, 0.29) is 11.5 Å². The van der Waals surface area contributed by atoms with E-state index in [9.17, 15) is 9.59 Å². The highest BCUT2D eigenvalue weighted by atomic mass is 35.5. The van der Waals surface area contributed by atoms with Gasteiger partial charge in [-0.1, -0.05) is 23.2 Å². The smallest absolute Gasteiger partial charge is 0.335 e. The summed E-state index contributed by atoms with van der Waals surface area (Å²) in [6, 6.07) is 9.17. The first kappa shape index (κ1) is 18.1. The van der Waals surface area contributed by atoms with E-state index in [1.54, 1.807) is 32.0 Å². The lowest BCUT2D eigenvalue weighted by molar-refractivity contribution is -0.122. The van der Waals surface area contributed by atoms with Crippen LogP contribution in [0.3, 0.4) is 0 Å². The van der Waals surface area contributed by atoms with Gasteiger partial charge in [0.05, 0.1) is 10.6 Å². The molecule has 0 fully saturated rings. The van der Waals surface area contributed by atoms with Crippen LogP contribution in [0.4, 0.5) is 5.69 Å². The summed E-state index contributed by atoms with van der Waals surface area (Å²) >= 11 is 11.8. The molecular formula is C17H15Cl2NO4. The van der Waals surface area contributed by atoms with Gasteiger partial charge in [0, 0.05) is 10.7 Å². The van der Waals surface area contributed by atoms with Crippen LogP contribution in [0.2, 0.25) is 10.0 Å². The van der Waals surface area contributed by atoms with E-state index in [2.05, 4.69) is 5.32 Å². The fraction of sp³-hybridized carbons (Fsp3) is 0.176. The Morgan fingerprint density at radius 1 is 1.17 bits per heavy atom. The number of halogens is 2. The Bertz CT molecular complexity index is 792. The predicted octanol–water partition coefficient (Wildman–Crippen LogP) is 4.41. The Morgan fingerprint density at radius 3 is 2.46 bits per heavy atom. The van der Waals surface area contributed by atoms with Crippen LogP contribution in [-0.4, -0.2) is 23.1 Å². The highest BCUT2D eigenvalue weighted by Crippen LogP contribution is 2.28. The number of nitrogens with one attached hydrogen (secondary N) is 1. The second-order valence-electron chi connectivity index (χ2n) is 5.16. The van der Waals surface area contributed by atoms with E-state index in [1.165, 1.54) is 18.2 Å². The van der Waals surface area contributed by atoms with Gasteiger partial charge in [0.1, 0.15) is 5.75 Å². The van der Waals surface area contributed by atoms with Gasteiger partial charge >= 0.3 is 5.97 Å². The SMILES string of the molecule is Cc1cc(C(=O)O)ccc1NC(=O)C(C)Oc1ccc(Cl)cc1Cl. The molecule has 0 aromatic heterocycles. The van der Waals surface area contributed by atoms with Crippen LogP contribution in [0.15, 0.2) is 36.4 Å². The van der Waals surface area contributed by atoms with Gasteiger partial charge in [-0.15, -0.1) is 0 Å². The number of ether oxygens (including phenoxy) is 1. The second kappa shape index (κ2) is 7.55. The number of rotatable bonds is 5. The number of hydrogen-bond donors (Lipinski definition) is 2. The van der Waals surface area contributed by atoms with Gasteiger partial charge in [-0.3, -0.25) is 4.79 Å². The van der Waals surface area contributed by atoms with Crippen molar-refractivity contribution in [2.24, 2.45) is 0 Å². The zero-order valence-electron chi connectivity index (χ0n) is 13.0. The van der Waals surface area contributed by atoms with Crippen LogP contribution < -0.4 is 10.1 Å². The minimum atomic E-state index is -1.02. The molecular weight excluding hydrogens is 353 g/mol. The van der Waals surface area contributed by atoms with Crippen molar-refractivity contribution in [1.29, 1.82) is 0 Å². The lowest BCUT2D eigenvalue weighted by Crippen LogP contribution is -2.30. The van der Waals surface area contributed by atoms with Crippen LogP contribution in [0.1, 0.15) is 22.8 Å². The monoisotopic (exact) mass is 367 g/mol. The molecule has 126 valence electrons. The van der Waals surface area contributed by atoms with Crippen molar-refractivity contribution in [3.63, 3.8) is 0 Å². The topological polar surface area (TPSA) is 75.6 Å². The van der Waals surface area contributed by atoms with E-state index >= 15 is 0 Å². The third-order valence-electron chi connectivity index (χ3n) is 3.30. The Morgan fingerprint density at radius 2 is 1.88 bits per heavy atom. The van der Waals surface area contributed by atoms with E-state index < -0.39 is 12.1 Å². The van der Waals surface area contributed by atoms with Crippen LogP contribution in [0, 0.1) is 6.92 Å². The summed E-state index contributed by atoms with van der Waals surface area (Å²) in [6.07, 6.45) is -0.803. The molecule has 2 rings (SSSR count). The molecule has 0 aliphatic carbocycles. The highest BCUT2D eigenvalue weighted by Gasteiger charge is 2.17. The van der Waals surface area contributed by atoms with Crippen molar-refractivity contribution in [3.8, 4) is 5.75 Å². The molecule has 0 radical (unpaired) electrons. The van der Waals surface area contributed by atoms with E-state index in [0.29, 0.717) is 27.0 Å². The number of benzene rings is 2. The number of carboxylic acid groups (broad SMARTS) is 1. The number of aromatic carboxylic acids is 1. The van der Waals surface area contributed by atoms with Crippen molar-refractivity contribution in [3.05, 3.63) is 57.6 Å². The molecule has 0 saturated carbocycles. The zero-order valence-corrected chi connectivity index (χ0v) is 14.5. The summed E-state index contributed by atoms with van der Waals surface area (Å²) in [5.41, 5.74) is 1.31. The van der Waals surface area contributed by atoms with Crippen LogP contribution in [-0.2, 0) is 4.79 Å². The Hall–Kier alpha value is -2.24. The summed E-state index contributed by atoms with van der Waals surface area (Å²) in [5, 5.41) is 12.4. The first-order valence-corrected chi connectivity index (χ1v) is 7.80. The molecule has 0 spiro atoms. The number of amides is 1. The minimum absolute atomic E-state index is 0.155. The predicted molar refractivity (Wildman–Crippen MR) is 93.3 cm³/mol. The van der Waals surface area contributed by atoms with Crippen molar-refractivity contribution >= 4 is 40.8 Å². The molecule has 0 saturated heterocycles. The highest BCUT2D eigenvalue weighted by molar-refractivity contribution is 6.35. The molecule has 2 aromatic rings. The summed E-state index contributed by atoms with van der Waals surface area (Å²) in [6.45, 7) is 3.30. The van der Waals surface area contributed by atoms with Crippen molar-refractivity contribution in [2.75, 3.05) is 5.32 Å². The van der Waals surface area contributed by atoms with Crippen molar-refractivity contribution in [2.45, 2.75) is 20.0 Å². The van der Waals surface area contributed by atoms with Gasteiger partial charge in [-0.05, 0) is 55.8 Å². The fourth-order valence-corrected chi connectivity index (χ4v) is 2.44. The second-order valence-corrected chi connectivity index (χ2v) is 6.00. The average molecular weight is 368 g/mol. The maximum Gasteiger partial charge on any atom is 0.335 e. The summed E-state index contributed by atoms with van der Waals surface area (Å²) in [5.74, 6) is -1.06. The van der Waals surface area contributed by atoms with E-state index in [1.807, 2.05) is 0 Å². The van der Waals surface area contributed by atoms with Gasteiger partial charge in [0.15, 0.2) is 6.10 Å². The molecule has 1 amide bonds. The van der Waals surface area contributed by atoms with Gasteiger partial charge in [0.25, 0.3) is 5.91 Å². The minimum Gasteiger partial charge on any atom is -0.479 e. The maximum atomic E-state index is 12.2. The van der Waals surface area contributed by atoms with Crippen molar-refractivity contribution in [1.82, 2.24) is 0 Å². The molecule has 0 aliphatic rings. The summed E-state index contributed by atoms with van der Waals surface area (Å²) < 4.78 is 5.54. The molecule has 7 heteroatoms.